The third kappa shape index (κ3) is 3.63. The van der Waals surface area contributed by atoms with Crippen LogP contribution >= 0.6 is 0 Å². The van der Waals surface area contributed by atoms with Crippen LogP contribution in [-0.4, -0.2) is 57.5 Å². The fourth-order valence-corrected chi connectivity index (χ4v) is 4.33. The van der Waals surface area contributed by atoms with E-state index in [2.05, 4.69) is 20.4 Å². The lowest BCUT2D eigenvalue weighted by molar-refractivity contribution is 0.102. The Morgan fingerprint density at radius 2 is 2.06 bits per heavy atom. The van der Waals surface area contributed by atoms with Crippen LogP contribution in [0.15, 0.2) is 53.3 Å². The van der Waals surface area contributed by atoms with E-state index in [4.69, 9.17) is 4.52 Å². The number of carbonyl (C=O) groups excluding carboxylic acids is 1. The number of carbonyl (C=O) groups is 1. The molecule has 5 rings (SSSR count). The van der Waals surface area contributed by atoms with Crippen LogP contribution in [0.2, 0.25) is 0 Å². The van der Waals surface area contributed by atoms with Crippen molar-refractivity contribution >= 4 is 27.3 Å². The monoisotopic (exact) mass is 456 g/mol. The van der Waals surface area contributed by atoms with E-state index in [0.717, 1.165) is 6.26 Å². The number of fused-ring (bicyclic) bond motifs is 1. The second-order valence-electron chi connectivity index (χ2n) is 7.45. The smallest absolute Gasteiger partial charge is 0.274 e. The van der Waals surface area contributed by atoms with Crippen LogP contribution < -0.4 is 5.32 Å². The van der Waals surface area contributed by atoms with Crippen molar-refractivity contribution in [1.29, 1.82) is 0 Å². The van der Waals surface area contributed by atoms with Crippen molar-refractivity contribution < 1.29 is 22.1 Å². The summed E-state index contributed by atoms with van der Waals surface area (Å²) in [4.78, 5) is 21.2. The number of aromatic nitrogens is 4. The van der Waals surface area contributed by atoms with Crippen LogP contribution in [0.4, 0.5) is 10.1 Å². The number of pyridine rings is 1. The van der Waals surface area contributed by atoms with Crippen LogP contribution in [0.3, 0.4) is 0 Å². The van der Waals surface area contributed by atoms with Gasteiger partial charge in [0.2, 0.25) is 21.7 Å². The number of nitrogens with one attached hydrogen (secondary N) is 1. The molecule has 10 nitrogen and oxygen atoms in total. The molecule has 1 aliphatic rings. The van der Waals surface area contributed by atoms with E-state index < -0.39 is 21.7 Å². The van der Waals surface area contributed by atoms with Gasteiger partial charge in [-0.3, -0.25) is 9.20 Å². The van der Waals surface area contributed by atoms with Gasteiger partial charge < -0.3 is 9.84 Å². The average molecular weight is 456 g/mol. The minimum atomic E-state index is -3.25. The minimum absolute atomic E-state index is 0.0448. The van der Waals surface area contributed by atoms with Crippen LogP contribution in [0.25, 0.3) is 17.0 Å². The van der Waals surface area contributed by atoms with E-state index in [1.54, 1.807) is 28.8 Å². The SMILES string of the molecule is CS(=O)(=O)N1CC(c2nc(-c3ccc(F)c(NC(=O)c4cnc5ccccn45)c3)no2)C1. The van der Waals surface area contributed by atoms with E-state index in [1.807, 2.05) is 0 Å². The zero-order valence-corrected chi connectivity index (χ0v) is 17.6. The lowest BCUT2D eigenvalue weighted by atomic mass is 10.0. The summed E-state index contributed by atoms with van der Waals surface area (Å²) in [6.07, 6.45) is 4.25. The van der Waals surface area contributed by atoms with Gasteiger partial charge in [-0.1, -0.05) is 11.2 Å². The molecule has 0 bridgehead atoms. The first-order chi connectivity index (χ1) is 15.3. The predicted molar refractivity (Wildman–Crippen MR) is 112 cm³/mol. The highest BCUT2D eigenvalue weighted by Gasteiger charge is 2.37. The number of halogens is 1. The summed E-state index contributed by atoms with van der Waals surface area (Å²) in [6.45, 7) is 0.537. The van der Waals surface area contributed by atoms with Gasteiger partial charge in [-0.05, 0) is 30.3 Å². The predicted octanol–water partition coefficient (Wildman–Crippen LogP) is 2.13. The minimum Gasteiger partial charge on any atom is -0.339 e. The highest BCUT2D eigenvalue weighted by atomic mass is 32.2. The van der Waals surface area contributed by atoms with Crippen molar-refractivity contribution in [1.82, 2.24) is 23.8 Å². The molecule has 1 saturated heterocycles. The lowest BCUT2D eigenvalue weighted by Gasteiger charge is -2.34. The van der Waals surface area contributed by atoms with E-state index in [0.29, 0.717) is 17.1 Å². The Kier molecular flexibility index (Phi) is 4.75. The van der Waals surface area contributed by atoms with Crippen molar-refractivity contribution in [2.75, 3.05) is 24.7 Å². The molecule has 0 radical (unpaired) electrons. The Bertz CT molecular complexity index is 1440. The second kappa shape index (κ2) is 7.50. The number of anilines is 1. The molecular weight excluding hydrogens is 439 g/mol. The fraction of sp³-hybridized carbons (Fsp3) is 0.200. The number of nitrogens with zero attached hydrogens (tertiary/aromatic N) is 5. The van der Waals surface area contributed by atoms with Gasteiger partial charge in [0.15, 0.2) is 0 Å². The van der Waals surface area contributed by atoms with Gasteiger partial charge in [0, 0.05) is 24.8 Å². The number of benzene rings is 1. The average Bonchev–Trinajstić information content (AvgIpc) is 3.35. The van der Waals surface area contributed by atoms with Gasteiger partial charge in [0.05, 0.1) is 24.1 Å². The first kappa shape index (κ1) is 20.3. The van der Waals surface area contributed by atoms with E-state index >= 15 is 0 Å². The molecule has 0 aliphatic carbocycles. The van der Waals surface area contributed by atoms with Crippen molar-refractivity contribution in [3.8, 4) is 11.4 Å². The Labute approximate surface area is 181 Å². The number of hydrogen-bond acceptors (Lipinski definition) is 7. The molecule has 1 N–H and O–H groups in total. The maximum absolute atomic E-state index is 14.4. The maximum atomic E-state index is 14.4. The van der Waals surface area contributed by atoms with Gasteiger partial charge in [0.1, 0.15) is 17.2 Å². The molecule has 32 heavy (non-hydrogen) atoms. The lowest BCUT2D eigenvalue weighted by Crippen LogP contribution is -2.47. The van der Waals surface area contributed by atoms with Crippen LogP contribution in [0.1, 0.15) is 22.3 Å². The number of amides is 1. The summed E-state index contributed by atoms with van der Waals surface area (Å²) in [6, 6.07) is 9.39. The molecule has 12 heteroatoms. The molecule has 4 heterocycles. The van der Waals surface area contributed by atoms with Crippen LogP contribution in [-0.2, 0) is 10.0 Å². The van der Waals surface area contributed by atoms with Gasteiger partial charge in [-0.15, -0.1) is 0 Å². The van der Waals surface area contributed by atoms with Crippen molar-refractivity contribution in [2.24, 2.45) is 0 Å². The fourth-order valence-electron chi connectivity index (χ4n) is 3.43. The van der Waals surface area contributed by atoms with Gasteiger partial charge in [-0.2, -0.15) is 4.98 Å². The molecule has 0 unspecified atom stereocenters. The number of imidazole rings is 1. The Morgan fingerprint density at radius 3 is 2.84 bits per heavy atom. The zero-order valence-electron chi connectivity index (χ0n) is 16.8. The summed E-state index contributed by atoms with van der Waals surface area (Å²) in [5.74, 6) is -0.823. The van der Waals surface area contributed by atoms with Gasteiger partial charge in [-0.25, -0.2) is 22.1 Å². The van der Waals surface area contributed by atoms with Gasteiger partial charge in [0.25, 0.3) is 5.91 Å². The first-order valence-corrected chi connectivity index (χ1v) is 11.5. The topological polar surface area (TPSA) is 123 Å². The van der Waals surface area contributed by atoms with Crippen LogP contribution in [0, 0.1) is 5.82 Å². The van der Waals surface area contributed by atoms with Crippen molar-refractivity contribution in [3.05, 3.63) is 66.2 Å². The number of rotatable bonds is 5. The number of sulfonamides is 1. The molecule has 3 aromatic heterocycles. The normalized spacial score (nSPS) is 15.1. The Hall–Kier alpha value is -3.64. The third-order valence-electron chi connectivity index (χ3n) is 5.23. The summed E-state index contributed by atoms with van der Waals surface area (Å²) in [5, 5.41) is 6.47. The molecule has 0 saturated carbocycles. The summed E-state index contributed by atoms with van der Waals surface area (Å²) in [7, 11) is -3.25. The standard InChI is InChI=1S/C20H17FN6O4S/c1-32(29,30)26-10-13(11-26)20-24-18(25-31-20)12-5-6-14(21)15(8-12)23-19(28)16-9-22-17-4-2-3-7-27(16)17/h2-9,13H,10-11H2,1H3,(H,23,28). The van der Waals surface area contributed by atoms with Crippen molar-refractivity contribution in [2.45, 2.75) is 5.92 Å². The van der Waals surface area contributed by atoms with E-state index in [1.165, 1.54) is 28.7 Å². The van der Waals surface area contributed by atoms with Gasteiger partial charge >= 0.3 is 0 Å². The van der Waals surface area contributed by atoms with Crippen LogP contribution in [0.5, 0.6) is 0 Å². The van der Waals surface area contributed by atoms with E-state index in [-0.39, 0.29) is 36.2 Å². The molecule has 1 aliphatic heterocycles. The molecule has 4 aromatic rings. The maximum Gasteiger partial charge on any atom is 0.274 e. The molecule has 1 fully saturated rings. The molecule has 164 valence electrons. The quantitative estimate of drug-likeness (QED) is 0.488. The number of hydrogen-bond donors (Lipinski definition) is 1. The Morgan fingerprint density at radius 1 is 1.25 bits per heavy atom. The van der Waals surface area contributed by atoms with E-state index in [9.17, 15) is 17.6 Å². The summed E-state index contributed by atoms with van der Waals surface area (Å²) < 4.78 is 45.6. The highest BCUT2D eigenvalue weighted by molar-refractivity contribution is 7.88. The molecule has 0 atom stereocenters. The summed E-state index contributed by atoms with van der Waals surface area (Å²) in [5.41, 5.74) is 1.25. The Balaban J connectivity index is 1.36. The van der Waals surface area contributed by atoms with Crippen molar-refractivity contribution in [3.63, 3.8) is 0 Å². The highest BCUT2D eigenvalue weighted by Crippen LogP contribution is 2.30. The zero-order chi connectivity index (χ0) is 22.5. The molecule has 1 amide bonds. The molecule has 0 spiro atoms. The molecular formula is C20H17FN6O4S. The molecule has 1 aromatic carbocycles. The second-order valence-corrected chi connectivity index (χ2v) is 9.44. The summed E-state index contributed by atoms with van der Waals surface area (Å²) >= 11 is 0. The third-order valence-corrected chi connectivity index (χ3v) is 6.47. The largest absolute Gasteiger partial charge is 0.339 e. The first-order valence-electron chi connectivity index (χ1n) is 9.62.